The Morgan fingerprint density at radius 3 is 2.48 bits per heavy atom. The standard InChI is InChI=1S/C17H22N4/c1-3-4-16(13-19)20-7-9-21(10-8-20)17-11-14(2)5-6-15(17)12-18/h5-6,11,16H,3-4,7-10H2,1-2H3. The smallest absolute Gasteiger partial charge is 0.101 e. The number of benzene rings is 1. The predicted molar refractivity (Wildman–Crippen MR) is 84.0 cm³/mol. The van der Waals surface area contributed by atoms with Crippen LogP contribution in [0, 0.1) is 29.6 Å². The summed E-state index contributed by atoms with van der Waals surface area (Å²) in [6.07, 6.45) is 1.97. The van der Waals surface area contributed by atoms with E-state index < -0.39 is 0 Å². The molecule has 0 amide bonds. The maximum Gasteiger partial charge on any atom is 0.101 e. The predicted octanol–water partition coefficient (Wildman–Crippen LogP) is 2.68. The van der Waals surface area contributed by atoms with Crippen LogP contribution in [-0.2, 0) is 0 Å². The van der Waals surface area contributed by atoms with Crippen molar-refractivity contribution < 1.29 is 0 Å². The van der Waals surface area contributed by atoms with Gasteiger partial charge in [0.2, 0.25) is 0 Å². The number of nitrogens with zero attached hydrogens (tertiary/aromatic N) is 4. The maximum atomic E-state index is 9.26. The van der Waals surface area contributed by atoms with Crippen molar-refractivity contribution in [1.29, 1.82) is 10.5 Å². The van der Waals surface area contributed by atoms with Crippen LogP contribution in [0.1, 0.15) is 30.9 Å². The summed E-state index contributed by atoms with van der Waals surface area (Å²) in [5, 5.41) is 18.5. The van der Waals surface area contributed by atoms with Crippen molar-refractivity contribution in [2.45, 2.75) is 32.7 Å². The lowest BCUT2D eigenvalue weighted by Crippen LogP contribution is -2.50. The molecule has 1 fully saturated rings. The number of hydrogen-bond donors (Lipinski definition) is 0. The third-order valence-electron chi connectivity index (χ3n) is 4.08. The molecule has 0 N–H and O–H groups in total. The first kappa shape index (κ1) is 15.4. The van der Waals surface area contributed by atoms with Crippen molar-refractivity contribution >= 4 is 5.69 Å². The Bertz CT molecular complexity index is 559. The third kappa shape index (κ3) is 3.54. The van der Waals surface area contributed by atoms with Gasteiger partial charge >= 0.3 is 0 Å². The molecule has 0 aromatic heterocycles. The normalized spacial score (nSPS) is 17.0. The minimum atomic E-state index is 0.0325. The summed E-state index contributed by atoms with van der Waals surface area (Å²) in [7, 11) is 0. The molecule has 0 radical (unpaired) electrons. The van der Waals surface area contributed by atoms with E-state index in [0.29, 0.717) is 0 Å². The summed E-state index contributed by atoms with van der Waals surface area (Å²) in [6, 6.07) is 10.7. The van der Waals surface area contributed by atoms with Gasteiger partial charge in [0.25, 0.3) is 0 Å². The Morgan fingerprint density at radius 2 is 1.90 bits per heavy atom. The van der Waals surface area contributed by atoms with Crippen LogP contribution in [0.5, 0.6) is 0 Å². The van der Waals surface area contributed by atoms with Gasteiger partial charge in [0.1, 0.15) is 6.07 Å². The molecule has 21 heavy (non-hydrogen) atoms. The zero-order valence-corrected chi connectivity index (χ0v) is 12.8. The van der Waals surface area contributed by atoms with E-state index in [-0.39, 0.29) is 6.04 Å². The van der Waals surface area contributed by atoms with E-state index in [0.717, 1.165) is 50.3 Å². The zero-order valence-electron chi connectivity index (χ0n) is 12.8. The molecule has 0 bridgehead atoms. The van der Waals surface area contributed by atoms with Gasteiger partial charge < -0.3 is 4.90 Å². The molecule has 1 heterocycles. The van der Waals surface area contributed by atoms with Gasteiger partial charge in [-0.2, -0.15) is 10.5 Å². The minimum Gasteiger partial charge on any atom is -0.368 e. The highest BCUT2D eigenvalue weighted by molar-refractivity contribution is 5.61. The highest BCUT2D eigenvalue weighted by atomic mass is 15.3. The SMILES string of the molecule is CCCC(C#N)N1CCN(c2cc(C)ccc2C#N)CC1. The van der Waals surface area contributed by atoms with Crippen LogP contribution in [0.15, 0.2) is 18.2 Å². The number of anilines is 1. The molecular formula is C17H22N4. The summed E-state index contributed by atoms with van der Waals surface area (Å²) in [5.74, 6) is 0. The number of aryl methyl sites for hydroxylation is 1. The molecule has 0 spiro atoms. The molecule has 4 heteroatoms. The lowest BCUT2D eigenvalue weighted by molar-refractivity contribution is 0.211. The summed E-state index contributed by atoms with van der Waals surface area (Å²) >= 11 is 0. The molecule has 1 aromatic carbocycles. The Hall–Kier alpha value is -2.04. The second-order valence-corrected chi connectivity index (χ2v) is 5.59. The highest BCUT2D eigenvalue weighted by Crippen LogP contribution is 2.23. The molecule has 0 saturated carbocycles. The van der Waals surface area contributed by atoms with Crippen LogP contribution in [0.2, 0.25) is 0 Å². The summed E-state index contributed by atoms with van der Waals surface area (Å²) in [6.45, 7) is 7.69. The first-order valence-corrected chi connectivity index (χ1v) is 7.59. The van der Waals surface area contributed by atoms with E-state index in [2.05, 4.69) is 34.9 Å². The lowest BCUT2D eigenvalue weighted by Gasteiger charge is -2.38. The number of hydrogen-bond acceptors (Lipinski definition) is 4. The average Bonchev–Trinajstić information content (AvgIpc) is 2.53. The fourth-order valence-corrected chi connectivity index (χ4v) is 2.87. The number of rotatable bonds is 4. The summed E-state index contributed by atoms with van der Waals surface area (Å²) in [5.41, 5.74) is 2.94. The largest absolute Gasteiger partial charge is 0.368 e. The Morgan fingerprint density at radius 1 is 1.19 bits per heavy atom. The third-order valence-corrected chi connectivity index (χ3v) is 4.08. The zero-order chi connectivity index (χ0) is 15.2. The second-order valence-electron chi connectivity index (χ2n) is 5.59. The van der Waals surface area contributed by atoms with Crippen molar-refractivity contribution in [2.75, 3.05) is 31.1 Å². The van der Waals surface area contributed by atoms with E-state index in [1.165, 1.54) is 5.56 Å². The molecule has 1 aliphatic rings. The van der Waals surface area contributed by atoms with E-state index >= 15 is 0 Å². The Kier molecular flexibility index (Phi) is 5.20. The van der Waals surface area contributed by atoms with E-state index in [4.69, 9.17) is 0 Å². The van der Waals surface area contributed by atoms with E-state index in [1.807, 2.05) is 19.1 Å². The highest BCUT2D eigenvalue weighted by Gasteiger charge is 2.24. The van der Waals surface area contributed by atoms with Crippen LogP contribution in [0.25, 0.3) is 0 Å². The van der Waals surface area contributed by atoms with Crippen molar-refractivity contribution in [3.05, 3.63) is 29.3 Å². The molecule has 1 saturated heterocycles. The molecule has 2 rings (SSSR count). The number of piperazine rings is 1. The summed E-state index contributed by atoms with van der Waals surface area (Å²) < 4.78 is 0. The fraction of sp³-hybridized carbons (Fsp3) is 0.529. The van der Waals surface area contributed by atoms with Gasteiger partial charge in [-0.15, -0.1) is 0 Å². The molecule has 4 nitrogen and oxygen atoms in total. The summed E-state index contributed by atoms with van der Waals surface area (Å²) in [4.78, 5) is 4.53. The molecular weight excluding hydrogens is 260 g/mol. The Labute approximate surface area is 127 Å². The lowest BCUT2D eigenvalue weighted by atomic mass is 10.1. The average molecular weight is 282 g/mol. The molecule has 1 aromatic rings. The van der Waals surface area contributed by atoms with Gasteiger partial charge in [-0.1, -0.05) is 19.4 Å². The van der Waals surface area contributed by atoms with Crippen LogP contribution in [0.3, 0.4) is 0 Å². The Balaban J connectivity index is 2.06. The first-order valence-electron chi connectivity index (χ1n) is 7.59. The van der Waals surface area contributed by atoms with Gasteiger partial charge in [-0.25, -0.2) is 0 Å². The quantitative estimate of drug-likeness (QED) is 0.852. The monoisotopic (exact) mass is 282 g/mol. The number of nitriles is 2. The second kappa shape index (κ2) is 7.11. The van der Waals surface area contributed by atoms with Crippen LogP contribution in [0.4, 0.5) is 5.69 Å². The van der Waals surface area contributed by atoms with Crippen LogP contribution in [-0.4, -0.2) is 37.1 Å². The minimum absolute atomic E-state index is 0.0325. The first-order chi connectivity index (χ1) is 10.2. The van der Waals surface area contributed by atoms with E-state index in [9.17, 15) is 10.5 Å². The van der Waals surface area contributed by atoms with Gasteiger partial charge in [0.05, 0.1) is 23.4 Å². The topological polar surface area (TPSA) is 54.1 Å². The van der Waals surface area contributed by atoms with Crippen molar-refractivity contribution in [3.8, 4) is 12.1 Å². The molecule has 1 atom stereocenters. The van der Waals surface area contributed by atoms with Gasteiger partial charge in [0, 0.05) is 26.2 Å². The van der Waals surface area contributed by atoms with Crippen molar-refractivity contribution in [2.24, 2.45) is 0 Å². The fourth-order valence-electron chi connectivity index (χ4n) is 2.87. The molecule has 0 aliphatic carbocycles. The van der Waals surface area contributed by atoms with Crippen molar-refractivity contribution in [3.63, 3.8) is 0 Å². The van der Waals surface area contributed by atoms with Gasteiger partial charge in [0.15, 0.2) is 0 Å². The molecule has 1 aliphatic heterocycles. The van der Waals surface area contributed by atoms with Crippen molar-refractivity contribution in [1.82, 2.24) is 4.90 Å². The maximum absolute atomic E-state index is 9.26. The van der Waals surface area contributed by atoms with Gasteiger partial charge in [-0.05, 0) is 31.0 Å². The van der Waals surface area contributed by atoms with Gasteiger partial charge in [-0.3, -0.25) is 4.90 Å². The molecule has 1 unspecified atom stereocenters. The molecule has 110 valence electrons. The van der Waals surface area contributed by atoms with E-state index in [1.54, 1.807) is 0 Å². The van der Waals surface area contributed by atoms with Crippen LogP contribution < -0.4 is 4.90 Å². The van der Waals surface area contributed by atoms with Crippen LogP contribution >= 0.6 is 0 Å².